The maximum atomic E-state index is 2.45. The van der Waals surface area contributed by atoms with Crippen LogP contribution in [0.15, 0.2) is 36.0 Å². The van der Waals surface area contributed by atoms with Crippen LogP contribution in [0, 0.1) is 0 Å². The monoisotopic (exact) mass is 191 g/mol. The van der Waals surface area contributed by atoms with Crippen LogP contribution >= 0.6 is 0 Å². The summed E-state index contributed by atoms with van der Waals surface area (Å²) in [5.41, 5.74) is 1.46. The molecule has 1 aliphatic rings. The molecule has 0 aromatic carbocycles. The van der Waals surface area contributed by atoms with Crippen molar-refractivity contribution in [3.63, 3.8) is 0 Å². The van der Waals surface area contributed by atoms with Crippen molar-refractivity contribution < 1.29 is 0 Å². The van der Waals surface area contributed by atoms with Gasteiger partial charge >= 0.3 is 0 Å². The number of nitrogens with zero attached hydrogens (tertiary/aromatic N) is 1. The molecule has 0 unspecified atom stereocenters. The molecule has 0 fully saturated rings. The van der Waals surface area contributed by atoms with Crippen molar-refractivity contribution in [3.8, 4) is 0 Å². The Labute approximate surface area is 87.8 Å². The molecule has 0 aromatic rings. The molecule has 1 heterocycles. The molecule has 0 N–H and O–H groups in total. The van der Waals surface area contributed by atoms with Gasteiger partial charge in [-0.1, -0.05) is 44.2 Å². The molecule has 0 saturated carbocycles. The summed E-state index contributed by atoms with van der Waals surface area (Å²) in [5.74, 6) is 0. The molecule has 0 spiro atoms. The van der Waals surface area contributed by atoms with Crippen LogP contribution < -0.4 is 0 Å². The first-order chi connectivity index (χ1) is 6.86. The first-order valence-corrected chi connectivity index (χ1v) is 5.59. The minimum Gasteiger partial charge on any atom is -0.292 e. The van der Waals surface area contributed by atoms with Crippen molar-refractivity contribution in [1.82, 2.24) is 4.90 Å². The normalized spacial score (nSPS) is 18.6. The van der Waals surface area contributed by atoms with E-state index in [1.807, 2.05) is 0 Å². The molecule has 0 aliphatic carbocycles. The van der Waals surface area contributed by atoms with Gasteiger partial charge in [0.1, 0.15) is 0 Å². The SMILES string of the molecule is CC/C=C\C(=C/CC)CN1CC=CC1. The van der Waals surface area contributed by atoms with Gasteiger partial charge in [-0.05, 0) is 18.4 Å². The average molecular weight is 191 g/mol. The average Bonchev–Trinajstić information content (AvgIpc) is 2.67. The standard InChI is InChI=1S/C13H21N/c1-3-5-9-13(8-4-2)12-14-10-6-7-11-14/h5-9H,3-4,10-12H2,1-2H3/b9-5-,13-8+. The molecular weight excluding hydrogens is 170 g/mol. The van der Waals surface area contributed by atoms with E-state index in [2.05, 4.69) is 49.1 Å². The van der Waals surface area contributed by atoms with Crippen LogP contribution in [0.2, 0.25) is 0 Å². The Morgan fingerprint density at radius 2 is 1.93 bits per heavy atom. The third-order valence-electron chi connectivity index (χ3n) is 2.33. The summed E-state index contributed by atoms with van der Waals surface area (Å²) >= 11 is 0. The second-order valence-corrected chi connectivity index (χ2v) is 3.66. The summed E-state index contributed by atoms with van der Waals surface area (Å²) < 4.78 is 0. The topological polar surface area (TPSA) is 3.24 Å². The van der Waals surface area contributed by atoms with E-state index in [1.54, 1.807) is 0 Å². The number of hydrogen-bond acceptors (Lipinski definition) is 1. The first-order valence-electron chi connectivity index (χ1n) is 5.59. The van der Waals surface area contributed by atoms with Crippen LogP contribution in [-0.2, 0) is 0 Å². The van der Waals surface area contributed by atoms with Gasteiger partial charge in [0, 0.05) is 19.6 Å². The molecule has 78 valence electrons. The van der Waals surface area contributed by atoms with E-state index in [-0.39, 0.29) is 0 Å². The fourth-order valence-corrected chi connectivity index (χ4v) is 1.63. The van der Waals surface area contributed by atoms with Crippen molar-refractivity contribution in [2.45, 2.75) is 26.7 Å². The molecule has 0 amide bonds. The lowest BCUT2D eigenvalue weighted by Gasteiger charge is -2.15. The second-order valence-electron chi connectivity index (χ2n) is 3.66. The molecule has 0 atom stereocenters. The van der Waals surface area contributed by atoms with E-state index >= 15 is 0 Å². The van der Waals surface area contributed by atoms with E-state index in [9.17, 15) is 0 Å². The highest BCUT2D eigenvalue weighted by Gasteiger charge is 2.06. The van der Waals surface area contributed by atoms with E-state index in [0.29, 0.717) is 0 Å². The van der Waals surface area contributed by atoms with E-state index < -0.39 is 0 Å². The van der Waals surface area contributed by atoms with E-state index in [0.717, 1.165) is 32.5 Å². The summed E-state index contributed by atoms with van der Waals surface area (Å²) in [6, 6.07) is 0. The third kappa shape index (κ3) is 3.93. The Morgan fingerprint density at radius 1 is 1.21 bits per heavy atom. The fourth-order valence-electron chi connectivity index (χ4n) is 1.63. The zero-order valence-corrected chi connectivity index (χ0v) is 9.37. The minimum absolute atomic E-state index is 1.09. The van der Waals surface area contributed by atoms with Crippen LogP contribution in [0.1, 0.15) is 26.7 Å². The highest BCUT2D eigenvalue weighted by atomic mass is 15.1. The van der Waals surface area contributed by atoms with Crippen LogP contribution in [0.5, 0.6) is 0 Å². The lowest BCUT2D eigenvalue weighted by Crippen LogP contribution is -2.22. The summed E-state index contributed by atoms with van der Waals surface area (Å²) in [6.45, 7) is 7.69. The largest absolute Gasteiger partial charge is 0.292 e. The van der Waals surface area contributed by atoms with Gasteiger partial charge in [-0.2, -0.15) is 0 Å². The van der Waals surface area contributed by atoms with Gasteiger partial charge in [0.15, 0.2) is 0 Å². The van der Waals surface area contributed by atoms with Crippen molar-refractivity contribution in [2.24, 2.45) is 0 Å². The molecule has 1 nitrogen and oxygen atoms in total. The Kier molecular flexibility index (Phi) is 5.31. The van der Waals surface area contributed by atoms with Crippen molar-refractivity contribution >= 4 is 0 Å². The molecule has 1 aliphatic heterocycles. The summed E-state index contributed by atoms with van der Waals surface area (Å²) in [5, 5.41) is 0. The quantitative estimate of drug-likeness (QED) is 0.476. The molecule has 0 radical (unpaired) electrons. The smallest absolute Gasteiger partial charge is 0.0237 e. The lowest BCUT2D eigenvalue weighted by molar-refractivity contribution is 0.386. The van der Waals surface area contributed by atoms with Crippen molar-refractivity contribution in [3.05, 3.63) is 36.0 Å². The third-order valence-corrected chi connectivity index (χ3v) is 2.33. The van der Waals surface area contributed by atoms with E-state index in [4.69, 9.17) is 0 Å². The Hall–Kier alpha value is -0.820. The van der Waals surface area contributed by atoms with Crippen LogP contribution in [0.25, 0.3) is 0 Å². The van der Waals surface area contributed by atoms with Gasteiger partial charge in [0.05, 0.1) is 0 Å². The molecule has 14 heavy (non-hydrogen) atoms. The van der Waals surface area contributed by atoms with Gasteiger partial charge in [0.25, 0.3) is 0 Å². The Bertz CT molecular complexity index is 228. The fraction of sp³-hybridized carbons (Fsp3) is 0.538. The van der Waals surface area contributed by atoms with Gasteiger partial charge in [-0.3, -0.25) is 4.90 Å². The zero-order chi connectivity index (χ0) is 10.2. The van der Waals surface area contributed by atoms with Gasteiger partial charge in [-0.15, -0.1) is 0 Å². The van der Waals surface area contributed by atoms with Crippen LogP contribution in [-0.4, -0.2) is 24.5 Å². The second kappa shape index (κ2) is 6.61. The van der Waals surface area contributed by atoms with Gasteiger partial charge in [-0.25, -0.2) is 0 Å². The van der Waals surface area contributed by atoms with E-state index in [1.165, 1.54) is 5.57 Å². The zero-order valence-electron chi connectivity index (χ0n) is 9.37. The predicted molar refractivity (Wildman–Crippen MR) is 63.4 cm³/mol. The van der Waals surface area contributed by atoms with Crippen LogP contribution in [0.3, 0.4) is 0 Å². The number of hydrogen-bond donors (Lipinski definition) is 0. The van der Waals surface area contributed by atoms with Crippen molar-refractivity contribution in [2.75, 3.05) is 19.6 Å². The van der Waals surface area contributed by atoms with Crippen LogP contribution in [0.4, 0.5) is 0 Å². The first kappa shape index (κ1) is 11.3. The Morgan fingerprint density at radius 3 is 2.50 bits per heavy atom. The summed E-state index contributed by atoms with van der Waals surface area (Å²) in [6.07, 6.45) is 13.6. The molecule has 0 bridgehead atoms. The molecular formula is C13H21N. The summed E-state index contributed by atoms with van der Waals surface area (Å²) in [4.78, 5) is 2.45. The molecule has 1 rings (SSSR count). The minimum atomic E-state index is 1.09. The lowest BCUT2D eigenvalue weighted by atomic mass is 10.2. The number of rotatable bonds is 5. The maximum absolute atomic E-state index is 2.45. The Balaban J connectivity index is 2.42. The van der Waals surface area contributed by atoms with Crippen molar-refractivity contribution in [1.29, 1.82) is 0 Å². The molecule has 0 saturated heterocycles. The molecule has 0 aromatic heterocycles. The highest BCUT2D eigenvalue weighted by Crippen LogP contribution is 2.07. The highest BCUT2D eigenvalue weighted by molar-refractivity contribution is 5.21. The molecule has 1 heteroatoms. The number of allylic oxidation sites excluding steroid dienone is 2. The summed E-state index contributed by atoms with van der Waals surface area (Å²) in [7, 11) is 0. The maximum Gasteiger partial charge on any atom is 0.0237 e. The van der Waals surface area contributed by atoms with Gasteiger partial charge in [0.2, 0.25) is 0 Å². The van der Waals surface area contributed by atoms with Gasteiger partial charge < -0.3 is 0 Å². The predicted octanol–water partition coefficient (Wildman–Crippen LogP) is 3.16.